The van der Waals surface area contributed by atoms with Crippen molar-refractivity contribution < 1.29 is 0 Å². The monoisotopic (exact) mass is 267 g/mol. The molecule has 0 spiro atoms. The molecule has 0 radical (unpaired) electrons. The second kappa shape index (κ2) is 7.90. The van der Waals surface area contributed by atoms with E-state index in [4.69, 9.17) is 5.26 Å². The summed E-state index contributed by atoms with van der Waals surface area (Å²) in [5, 5.41) is 8.83. The fourth-order valence-electron chi connectivity index (χ4n) is 3.03. The summed E-state index contributed by atoms with van der Waals surface area (Å²) in [4.78, 5) is 0. The smallest absolute Gasteiger partial charge is 0.0991 e. The predicted molar refractivity (Wildman–Crippen MR) is 85.2 cm³/mol. The fourth-order valence-corrected chi connectivity index (χ4v) is 3.03. The van der Waals surface area contributed by atoms with Gasteiger partial charge in [-0.05, 0) is 48.4 Å². The first kappa shape index (κ1) is 14.9. The lowest BCUT2D eigenvalue weighted by molar-refractivity contribution is 0.425. The Kier molecular flexibility index (Phi) is 5.87. The number of hydrogen-bond acceptors (Lipinski definition) is 1. The maximum atomic E-state index is 8.83. The van der Waals surface area contributed by atoms with Crippen molar-refractivity contribution in [1.29, 1.82) is 5.26 Å². The Morgan fingerprint density at radius 2 is 1.95 bits per heavy atom. The van der Waals surface area contributed by atoms with Gasteiger partial charge in [-0.2, -0.15) is 5.26 Å². The Hall–Kier alpha value is -1.55. The number of allylic oxidation sites excluding steroid dienone is 2. The van der Waals surface area contributed by atoms with Crippen molar-refractivity contribution >= 4 is 5.57 Å². The van der Waals surface area contributed by atoms with Crippen LogP contribution in [0.1, 0.15) is 69.4 Å². The van der Waals surface area contributed by atoms with Crippen LogP contribution in [0, 0.1) is 17.2 Å². The molecule has 1 nitrogen and oxygen atoms in total. The maximum absolute atomic E-state index is 8.83. The molecule has 1 unspecified atom stereocenters. The minimum Gasteiger partial charge on any atom is -0.192 e. The van der Waals surface area contributed by atoms with Gasteiger partial charge in [0.1, 0.15) is 0 Å². The number of nitriles is 1. The minimum absolute atomic E-state index is 0.749. The molecule has 0 saturated carbocycles. The summed E-state index contributed by atoms with van der Waals surface area (Å²) in [5.41, 5.74) is 3.52. The van der Waals surface area contributed by atoms with Gasteiger partial charge in [0.15, 0.2) is 0 Å². The summed E-state index contributed by atoms with van der Waals surface area (Å²) in [6, 6.07) is 10.2. The fraction of sp³-hybridized carbons (Fsp3) is 0.526. The molecule has 2 rings (SSSR count). The van der Waals surface area contributed by atoms with Gasteiger partial charge < -0.3 is 0 Å². The number of hydrogen-bond donors (Lipinski definition) is 0. The Balaban J connectivity index is 1.84. The first-order valence-electron chi connectivity index (χ1n) is 8.03. The zero-order valence-electron chi connectivity index (χ0n) is 12.6. The highest BCUT2D eigenvalue weighted by atomic mass is 14.2. The highest BCUT2D eigenvalue weighted by Crippen LogP contribution is 2.32. The molecule has 106 valence electrons. The van der Waals surface area contributed by atoms with E-state index in [1.807, 2.05) is 12.1 Å². The van der Waals surface area contributed by atoms with Gasteiger partial charge in [0.25, 0.3) is 0 Å². The number of benzene rings is 1. The van der Waals surface area contributed by atoms with Crippen LogP contribution in [0.5, 0.6) is 0 Å². The van der Waals surface area contributed by atoms with Crippen LogP contribution in [-0.4, -0.2) is 0 Å². The third-order valence-electron chi connectivity index (χ3n) is 4.37. The van der Waals surface area contributed by atoms with Crippen LogP contribution in [0.4, 0.5) is 0 Å². The average molecular weight is 267 g/mol. The lowest BCUT2D eigenvalue weighted by Crippen LogP contribution is -2.05. The predicted octanol–water partition coefficient (Wildman–Crippen LogP) is 5.71. The van der Waals surface area contributed by atoms with Gasteiger partial charge in [-0.1, -0.05) is 57.2 Å². The highest BCUT2D eigenvalue weighted by Gasteiger charge is 2.15. The van der Waals surface area contributed by atoms with Crippen molar-refractivity contribution in [3.63, 3.8) is 0 Å². The normalized spacial score (nSPS) is 18.4. The van der Waals surface area contributed by atoms with Crippen molar-refractivity contribution in [2.45, 2.75) is 58.3 Å². The second-order valence-electron chi connectivity index (χ2n) is 5.91. The van der Waals surface area contributed by atoms with E-state index < -0.39 is 0 Å². The summed E-state index contributed by atoms with van der Waals surface area (Å²) in [6.45, 7) is 2.27. The van der Waals surface area contributed by atoms with E-state index in [1.165, 1.54) is 62.5 Å². The van der Waals surface area contributed by atoms with E-state index in [-0.39, 0.29) is 0 Å². The number of rotatable bonds is 6. The number of unbranched alkanes of at least 4 members (excludes halogenated alkanes) is 3. The number of nitrogens with zero attached hydrogens (tertiary/aromatic N) is 1. The molecular weight excluding hydrogens is 242 g/mol. The molecule has 1 aliphatic carbocycles. The molecule has 0 amide bonds. The van der Waals surface area contributed by atoms with Gasteiger partial charge >= 0.3 is 0 Å². The summed E-state index contributed by atoms with van der Waals surface area (Å²) >= 11 is 0. The van der Waals surface area contributed by atoms with Crippen LogP contribution in [0.2, 0.25) is 0 Å². The SMILES string of the molecule is CCCCCCC1CC=C(c2ccc(C#N)cc2)CC1. The topological polar surface area (TPSA) is 23.8 Å². The zero-order chi connectivity index (χ0) is 14.2. The van der Waals surface area contributed by atoms with Gasteiger partial charge in [-0.3, -0.25) is 0 Å². The second-order valence-corrected chi connectivity index (χ2v) is 5.91. The standard InChI is InChI=1S/C19H25N/c1-2-3-4-5-6-16-7-11-18(12-8-16)19-13-9-17(15-20)10-14-19/h9-11,13-14,16H,2-8,12H2,1H3. The first-order chi connectivity index (χ1) is 9.83. The molecule has 0 N–H and O–H groups in total. The summed E-state index contributed by atoms with van der Waals surface area (Å²) in [7, 11) is 0. The molecule has 0 bridgehead atoms. The van der Waals surface area contributed by atoms with Crippen molar-refractivity contribution in [3.8, 4) is 6.07 Å². The summed E-state index contributed by atoms with van der Waals surface area (Å²) in [6.07, 6.45) is 13.1. The van der Waals surface area contributed by atoms with Gasteiger partial charge in [0.05, 0.1) is 11.6 Å². The van der Waals surface area contributed by atoms with E-state index in [0.717, 1.165) is 11.5 Å². The summed E-state index contributed by atoms with van der Waals surface area (Å²) in [5.74, 6) is 0.897. The molecular formula is C19H25N. The lowest BCUT2D eigenvalue weighted by atomic mass is 9.84. The van der Waals surface area contributed by atoms with Crippen molar-refractivity contribution in [2.75, 3.05) is 0 Å². The Labute approximate surface area is 123 Å². The molecule has 0 heterocycles. The van der Waals surface area contributed by atoms with Crippen LogP contribution in [-0.2, 0) is 0 Å². The Morgan fingerprint density at radius 3 is 2.55 bits per heavy atom. The Bertz CT molecular complexity index is 475. The molecule has 1 aromatic rings. The van der Waals surface area contributed by atoms with Crippen LogP contribution in [0.3, 0.4) is 0 Å². The molecule has 20 heavy (non-hydrogen) atoms. The van der Waals surface area contributed by atoms with E-state index in [2.05, 4.69) is 31.2 Å². The van der Waals surface area contributed by atoms with Gasteiger partial charge in [0, 0.05) is 0 Å². The minimum atomic E-state index is 0.749. The van der Waals surface area contributed by atoms with Crippen molar-refractivity contribution in [2.24, 2.45) is 5.92 Å². The quantitative estimate of drug-likeness (QED) is 0.605. The third kappa shape index (κ3) is 4.23. The van der Waals surface area contributed by atoms with Gasteiger partial charge in [-0.15, -0.1) is 0 Å². The highest BCUT2D eigenvalue weighted by molar-refractivity contribution is 5.66. The summed E-state index contributed by atoms with van der Waals surface area (Å²) < 4.78 is 0. The van der Waals surface area contributed by atoms with Crippen molar-refractivity contribution in [1.82, 2.24) is 0 Å². The molecule has 1 heteroatoms. The van der Waals surface area contributed by atoms with E-state index in [1.54, 1.807) is 0 Å². The molecule has 1 aromatic carbocycles. The van der Waals surface area contributed by atoms with Crippen molar-refractivity contribution in [3.05, 3.63) is 41.5 Å². The average Bonchev–Trinajstić information content (AvgIpc) is 2.52. The molecule has 1 atom stereocenters. The molecule has 0 fully saturated rings. The van der Waals surface area contributed by atoms with E-state index >= 15 is 0 Å². The van der Waals surface area contributed by atoms with Crippen LogP contribution >= 0.6 is 0 Å². The molecule has 1 aliphatic rings. The first-order valence-corrected chi connectivity index (χ1v) is 8.03. The lowest BCUT2D eigenvalue weighted by Gasteiger charge is -2.22. The molecule has 0 aliphatic heterocycles. The Morgan fingerprint density at radius 1 is 1.15 bits per heavy atom. The molecule has 0 aromatic heterocycles. The van der Waals surface area contributed by atoms with Crippen LogP contribution < -0.4 is 0 Å². The van der Waals surface area contributed by atoms with E-state index in [0.29, 0.717) is 0 Å². The van der Waals surface area contributed by atoms with Gasteiger partial charge in [0.2, 0.25) is 0 Å². The van der Waals surface area contributed by atoms with Gasteiger partial charge in [-0.25, -0.2) is 0 Å². The van der Waals surface area contributed by atoms with E-state index in [9.17, 15) is 0 Å². The maximum Gasteiger partial charge on any atom is 0.0991 e. The largest absolute Gasteiger partial charge is 0.192 e. The van der Waals surface area contributed by atoms with Crippen LogP contribution in [0.25, 0.3) is 5.57 Å². The third-order valence-corrected chi connectivity index (χ3v) is 4.37. The zero-order valence-corrected chi connectivity index (χ0v) is 12.6. The molecule has 0 saturated heterocycles. The van der Waals surface area contributed by atoms with Crippen LogP contribution in [0.15, 0.2) is 30.3 Å².